The molecule has 0 unspecified atom stereocenters. The van der Waals surface area contributed by atoms with Crippen molar-refractivity contribution in [1.29, 1.82) is 5.26 Å². The summed E-state index contributed by atoms with van der Waals surface area (Å²) in [7, 11) is 0. The molecule has 1 heterocycles. The standard InChI is InChI=1S/C18H11ClF3N3OS/c19-14-6-5-11(9-13(14)18(20,21)22)27-10-16-24-15-4-2-1-3-12(15)17(26)25(16)8-7-23/h1-6,9H,8,10H2. The molecule has 0 atom stereocenters. The Morgan fingerprint density at radius 1 is 1.22 bits per heavy atom. The van der Waals surface area contributed by atoms with Crippen molar-refractivity contribution in [3.63, 3.8) is 0 Å². The van der Waals surface area contributed by atoms with E-state index in [1.54, 1.807) is 24.3 Å². The normalized spacial score (nSPS) is 11.5. The summed E-state index contributed by atoms with van der Waals surface area (Å²) < 4.78 is 40.2. The maximum absolute atomic E-state index is 13.0. The molecule has 27 heavy (non-hydrogen) atoms. The highest BCUT2D eigenvalue weighted by molar-refractivity contribution is 7.98. The van der Waals surface area contributed by atoms with E-state index in [0.29, 0.717) is 21.6 Å². The van der Waals surface area contributed by atoms with E-state index < -0.39 is 11.7 Å². The Morgan fingerprint density at radius 3 is 2.67 bits per heavy atom. The second-order valence-electron chi connectivity index (χ2n) is 5.52. The zero-order chi connectivity index (χ0) is 19.6. The van der Waals surface area contributed by atoms with Crippen molar-refractivity contribution < 1.29 is 13.2 Å². The molecule has 0 radical (unpaired) electrons. The molecule has 0 spiro atoms. The van der Waals surface area contributed by atoms with Crippen molar-refractivity contribution >= 4 is 34.3 Å². The van der Waals surface area contributed by atoms with Gasteiger partial charge in [-0.15, -0.1) is 11.8 Å². The maximum atomic E-state index is 13.0. The molecule has 3 rings (SSSR count). The van der Waals surface area contributed by atoms with Crippen LogP contribution in [0.1, 0.15) is 11.4 Å². The van der Waals surface area contributed by atoms with Crippen molar-refractivity contribution in [3.8, 4) is 6.07 Å². The molecule has 0 aliphatic carbocycles. The summed E-state index contributed by atoms with van der Waals surface area (Å²) in [5.74, 6) is 0.439. The highest BCUT2D eigenvalue weighted by atomic mass is 35.5. The van der Waals surface area contributed by atoms with Gasteiger partial charge >= 0.3 is 6.18 Å². The van der Waals surface area contributed by atoms with E-state index in [-0.39, 0.29) is 22.9 Å². The summed E-state index contributed by atoms with van der Waals surface area (Å²) in [6.07, 6.45) is -4.56. The smallest absolute Gasteiger partial charge is 0.281 e. The van der Waals surface area contributed by atoms with Crippen LogP contribution in [0.3, 0.4) is 0 Å². The number of hydrogen-bond acceptors (Lipinski definition) is 4. The van der Waals surface area contributed by atoms with Gasteiger partial charge in [-0.25, -0.2) is 4.98 Å². The lowest BCUT2D eigenvalue weighted by Crippen LogP contribution is -2.24. The molecule has 0 saturated heterocycles. The summed E-state index contributed by atoms with van der Waals surface area (Å²) in [5.41, 5.74) is -0.806. The predicted octanol–water partition coefficient (Wildman–Crippen LogP) is 4.88. The number of nitrogens with zero attached hydrogens (tertiary/aromatic N) is 3. The zero-order valence-corrected chi connectivity index (χ0v) is 15.2. The average Bonchev–Trinajstić information content (AvgIpc) is 2.63. The molecule has 2 aromatic carbocycles. The van der Waals surface area contributed by atoms with Crippen LogP contribution in [0.2, 0.25) is 5.02 Å². The average molecular weight is 410 g/mol. The van der Waals surface area contributed by atoms with Gasteiger partial charge in [0.25, 0.3) is 5.56 Å². The van der Waals surface area contributed by atoms with Gasteiger partial charge in [0.15, 0.2) is 0 Å². The minimum atomic E-state index is -4.56. The minimum absolute atomic E-state index is 0.126. The lowest BCUT2D eigenvalue weighted by Gasteiger charge is -2.12. The lowest BCUT2D eigenvalue weighted by molar-refractivity contribution is -0.137. The molecule has 1 aromatic heterocycles. The topological polar surface area (TPSA) is 58.7 Å². The van der Waals surface area contributed by atoms with Crippen LogP contribution in [-0.4, -0.2) is 9.55 Å². The number of hydrogen-bond donors (Lipinski definition) is 0. The summed E-state index contributed by atoms with van der Waals surface area (Å²) in [6, 6.07) is 12.2. The summed E-state index contributed by atoms with van der Waals surface area (Å²) in [6.45, 7) is -0.193. The molecular weight excluding hydrogens is 399 g/mol. The third kappa shape index (κ3) is 4.10. The van der Waals surface area contributed by atoms with Crippen molar-refractivity contribution in [2.24, 2.45) is 0 Å². The van der Waals surface area contributed by atoms with Crippen LogP contribution < -0.4 is 5.56 Å². The monoisotopic (exact) mass is 409 g/mol. The highest BCUT2D eigenvalue weighted by Gasteiger charge is 2.33. The second kappa shape index (κ2) is 7.62. The third-order valence-electron chi connectivity index (χ3n) is 3.78. The molecule has 0 amide bonds. The fourth-order valence-corrected chi connectivity index (χ4v) is 3.62. The molecule has 0 bridgehead atoms. The number of halogens is 4. The number of thioether (sulfide) groups is 1. The number of fused-ring (bicyclic) bond motifs is 1. The number of nitriles is 1. The van der Waals surface area contributed by atoms with E-state index >= 15 is 0 Å². The van der Waals surface area contributed by atoms with Gasteiger partial charge in [-0.1, -0.05) is 23.7 Å². The molecule has 9 heteroatoms. The van der Waals surface area contributed by atoms with E-state index in [4.69, 9.17) is 16.9 Å². The van der Waals surface area contributed by atoms with Gasteiger partial charge in [-0.05, 0) is 30.3 Å². The van der Waals surface area contributed by atoms with Crippen LogP contribution in [-0.2, 0) is 18.5 Å². The number of para-hydroxylation sites is 1. The molecule has 0 aliphatic rings. The second-order valence-corrected chi connectivity index (χ2v) is 6.98. The van der Waals surface area contributed by atoms with Gasteiger partial charge < -0.3 is 0 Å². The van der Waals surface area contributed by atoms with Crippen molar-refractivity contribution in [3.05, 3.63) is 69.2 Å². The molecule has 3 aromatic rings. The van der Waals surface area contributed by atoms with Crippen LogP contribution in [0, 0.1) is 11.3 Å². The minimum Gasteiger partial charge on any atom is -0.281 e. The first-order valence-corrected chi connectivity index (χ1v) is 9.02. The van der Waals surface area contributed by atoms with E-state index in [0.717, 1.165) is 17.8 Å². The number of benzene rings is 2. The van der Waals surface area contributed by atoms with Crippen LogP contribution in [0.5, 0.6) is 0 Å². The van der Waals surface area contributed by atoms with Crippen molar-refractivity contribution in [2.45, 2.75) is 23.4 Å². The Morgan fingerprint density at radius 2 is 1.96 bits per heavy atom. The Balaban J connectivity index is 1.97. The van der Waals surface area contributed by atoms with Crippen LogP contribution in [0.15, 0.2) is 52.2 Å². The molecule has 0 saturated carbocycles. The van der Waals surface area contributed by atoms with Crippen LogP contribution in [0.4, 0.5) is 13.2 Å². The number of aromatic nitrogens is 2. The number of rotatable bonds is 4. The largest absolute Gasteiger partial charge is 0.417 e. The Labute approximate surface area is 161 Å². The fraction of sp³-hybridized carbons (Fsp3) is 0.167. The SMILES string of the molecule is N#CCn1c(CSc2ccc(Cl)c(C(F)(F)F)c2)nc2ccccc2c1=O. The van der Waals surface area contributed by atoms with Gasteiger partial charge in [0, 0.05) is 4.90 Å². The first-order valence-electron chi connectivity index (χ1n) is 7.66. The van der Waals surface area contributed by atoms with E-state index in [1.165, 1.54) is 16.7 Å². The van der Waals surface area contributed by atoms with E-state index in [1.807, 2.05) is 6.07 Å². The Hall–Kier alpha value is -2.50. The van der Waals surface area contributed by atoms with Gasteiger partial charge in [-0.3, -0.25) is 9.36 Å². The molecule has 0 fully saturated rings. The molecule has 4 nitrogen and oxygen atoms in total. The van der Waals surface area contributed by atoms with Gasteiger partial charge in [0.05, 0.1) is 33.3 Å². The highest BCUT2D eigenvalue weighted by Crippen LogP contribution is 2.37. The zero-order valence-electron chi connectivity index (χ0n) is 13.6. The molecule has 0 aliphatic heterocycles. The summed E-state index contributed by atoms with van der Waals surface area (Å²) in [5, 5.41) is 9.00. The first kappa shape index (κ1) is 19.3. The fourth-order valence-electron chi connectivity index (χ4n) is 2.52. The molecule has 0 N–H and O–H groups in total. The summed E-state index contributed by atoms with van der Waals surface area (Å²) >= 11 is 6.71. The van der Waals surface area contributed by atoms with E-state index in [9.17, 15) is 18.0 Å². The maximum Gasteiger partial charge on any atom is 0.417 e. The van der Waals surface area contributed by atoms with Gasteiger partial charge in [0.2, 0.25) is 0 Å². The van der Waals surface area contributed by atoms with Crippen LogP contribution >= 0.6 is 23.4 Å². The van der Waals surface area contributed by atoms with Gasteiger partial charge in [-0.2, -0.15) is 18.4 Å². The van der Waals surface area contributed by atoms with Crippen molar-refractivity contribution in [1.82, 2.24) is 9.55 Å². The first-order chi connectivity index (χ1) is 12.8. The van der Waals surface area contributed by atoms with Crippen molar-refractivity contribution in [2.75, 3.05) is 0 Å². The molecule has 138 valence electrons. The third-order valence-corrected chi connectivity index (χ3v) is 5.10. The quantitative estimate of drug-likeness (QED) is 0.576. The lowest BCUT2D eigenvalue weighted by atomic mass is 10.2. The Kier molecular flexibility index (Phi) is 5.44. The number of alkyl halides is 3. The predicted molar refractivity (Wildman–Crippen MR) is 97.6 cm³/mol. The Bertz CT molecular complexity index is 1110. The summed E-state index contributed by atoms with van der Waals surface area (Å²) in [4.78, 5) is 17.3. The van der Waals surface area contributed by atoms with Gasteiger partial charge in [0.1, 0.15) is 12.4 Å². The van der Waals surface area contributed by atoms with E-state index in [2.05, 4.69) is 4.98 Å². The van der Waals surface area contributed by atoms with Crippen LogP contribution in [0.25, 0.3) is 10.9 Å². The molecular formula is C18H11ClF3N3OS.